The first-order valence-electron chi connectivity index (χ1n) is 5.82. The molecule has 0 amide bonds. The van der Waals surface area contributed by atoms with E-state index in [1.54, 1.807) is 31.2 Å². The number of ketones is 2. The second-order valence-corrected chi connectivity index (χ2v) is 4.56. The normalized spacial score (nSPS) is 27.0. The van der Waals surface area contributed by atoms with E-state index >= 15 is 0 Å². The first-order valence-corrected chi connectivity index (χ1v) is 5.82. The van der Waals surface area contributed by atoms with Crippen LogP contribution in [-0.4, -0.2) is 35.5 Å². The average molecular weight is 244 g/mol. The SMILES string of the molecule is C[C@@H]1OCC2=C(C(=O)c3ccccc3C2=O)[C@@H]1O. The summed E-state index contributed by atoms with van der Waals surface area (Å²) in [7, 11) is 0. The number of carbonyl (C=O) groups excluding carboxylic acids is 2. The van der Waals surface area contributed by atoms with Gasteiger partial charge < -0.3 is 9.84 Å². The lowest BCUT2D eigenvalue weighted by atomic mass is 9.80. The van der Waals surface area contributed by atoms with Crippen molar-refractivity contribution in [1.82, 2.24) is 0 Å². The molecule has 0 saturated heterocycles. The van der Waals surface area contributed by atoms with Gasteiger partial charge in [0.1, 0.15) is 6.10 Å². The highest BCUT2D eigenvalue weighted by Crippen LogP contribution is 2.32. The second kappa shape index (κ2) is 3.86. The summed E-state index contributed by atoms with van der Waals surface area (Å²) in [5.74, 6) is -0.478. The standard InChI is InChI=1S/C14H12O4/c1-7-12(15)11-10(6-18-7)13(16)8-4-2-3-5-9(8)14(11)17/h2-5,7,12,15H,6H2,1H3/t7-,12+/m0/s1. The molecule has 4 nitrogen and oxygen atoms in total. The molecule has 0 bridgehead atoms. The van der Waals surface area contributed by atoms with Gasteiger partial charge in [0.2, 0.25) is 0 Å². The van der Waals surface area contributed by atoms with Crippen LogP contribution in [0.5, 0.6) is 0 Å². The van der Waals surface area contributed by atoms with E-state index in [0.29, 0.717) is 16.7 Å². The van der Waals surface area contributed by atoms with Gasteiger partial charge >= 0.3 is 0 Å². The molecule has 1 aromatic rings. The number of carbonyl (C=O) groups is 2. The lowest BCUT2D eigenvalue weighted by molar-refractivity contribution is -0.0149. The number of hydrogen-bond donors (Lipinski definition) is 1. The zero-order valence-electron chi connectivity index (χ0n) is 9.84. The summed E-state index contributed by atoms with van der Waals surface area (Å²) >= 11 is 0. The van der Waals surface area contributed by atoms with E-state index in [4.69, 9.17) is 4.74 Å². The van der Waals surface area contributed by atoms with Gasteiger partial charge in [-0.2, -0.15) is 0 Å². The molecule has 18 heavy (non-hydrogen) atoms. The molecule has 1 aliphatic heterocycles. The van der Waals surface area contributed by atoms with Crippen LogP contribution in [0.25, 0.3) is 0 Å². The fourth-order valence-electron chi connectivity index (χ4n) is 2.44. The van der Waals surface area contributed by atoms with E-state index in [0.717, 1.165) is 0 Å². The Morgan fingerprint density at radius 2 is 1.78 bits per heavy atom. The van der Waals surface area contributed by atoms with Crippen LogP contribution in [0.15, 0.2) is 35.4 Å². The highest BCUT2D eigenvalue weighted by atomic mass is 16.5. The highest BCUT2D eigenvalue weighted by Gasteiger charge is 2.40. The topological polar surface area (TPSA) is 63.6 Å². The molecule has 0 radical (unpaired) electrons. The predicted molar refractivity (Wildman–Crippen MR) is 63.5 cm³/mol. The molecule has 1 aromatic carbocycles. The highest BCUT2D eigenvalue weighted by molar-refractivity contribution is 6.27. The van der Waals surface area contributed by atoms with Crippen LogP contribution in [0.3, 0.4) is 0 Å². The second-order valence-electron chi connectivity index (χ2n) is 4.56. The van der Waals surface area contributed by atoms with Crippen molar-refractivity contribution in [3.05, 3.63) is 46.5 Å². The molecule has 0 saturated carbocycles. The third kappa shape index (κ3) is 1.39. The van der Waals surface area contributed by atoms with Crippen molar-refractivity contribution in [3.8, 4) is 0 Å². The summed E-state index contributed by atoms with van der Waals surface area (Å²) in [5.41, 5.74) is 1.27. The van der Waals surface area contributed by atoms with E-state index in [9.17, 15) is 14.7 Å². The molecule has 4 heteroatoms. The van der Waals surface area contributed by atoms with Crippen LogP contribution in [0.4, 0.5) is 0 Å². The van der Waals surface area contributed by atoms with E-state index in [2.05, 4.69) is 0 Å². The minimum absolute atomic E-state index is 0.0897. The third-order valence-electron chi connectivity index (χ3n) is 3.49. The van der Waals surface area contributed by atoms with Crippen LogP contribution in [0.2, 0.25) is 0 Å². The number of fused-ring (bicyclic) bond motifs is 1. The first kappa shape index (κ1) is 11.3. The van der Waals surface area contributed by atoms with Gasteiger partial charge in [0.15, 0.2) is 11.6 Å². The van der Waals surface area contributed by atoms with Gasteiger partial charge in [0.25, 0.3) is 0 Å². The number of Topliss-reactive ketones (excluding diaryl/α,β-unsaturated/α-hetero) is 2. The van der Waals surface area contributed by atoms with Crippen molar-refractivity contribution in [2.24, 2.45) is 0 Å². The Morgan fingerprint density at radius 1 is 1.17 bits per heavy atom. The summed E-state index contributed by atoms with van der Waals surface area (Å²) in [6, 6.07) is 6.68. The minimum Gasteiger partial charge on any atom is -0.386 e. The number of benzene rings is 1. The maximum absolute atomic E-state index is 12.3. The molecule has 2 atom stereocenters. The number of aliphatic hydroxyl groups is 1. The van der Waals surface area contributed by atoms with Gasteiger partial charge in [-0.05, 0) is 6.92 Å². The Balaban J connectivity index is 2.21. The number of aliphatic hydroxyl groups excluding tert-OH is 1. The quantitative estimate of drug-likeness (QED) is 0.743. The summed E-state index contributed by atoms with van der Waals surface area (Å²) in [6.45, 7) is 1.78. The van der Waals surface area contributed by atoms with Crippen LogP contribution in [-0.2, 0) is 4.74 Å². The molecule has 1 heterocycles. The molecule has 92 valence electrons. The largest absolute Gasteiger partial charge is 0.386 e. The number of ether oxygens (including phenoxy) is 1. The molecule has 0 unspecified atom stereocenters. The Hall–Kier alpha value is -1.78. The van der Waals surface area contributed by atoms with Crippen molar-refractivity contribution in [2.45, 2.75) is 19.1 Å². The van der Waals surface area contributed by atoms with Gasteiger partial charge in [-0.25, -0.2) is 0 Å². The molecule has 0 spiro atoms. The predicted octanol–water partition coefficient (Wildman–Crippen LogP) is 1.14. The van der Waals surface area contributed by atoms with Crippen molar-refractivity contribution in [2.75, 3.05) is 6.61 Å². The molecule has 0 aromatic heterocycles. The minimum atomic E-state index is -1.03. The Morgan fingerprint density at radius 3 is 2.44 bits per heavy atom. The molecule has 3 rings (SSSR count). The monoisotopic (exact) mass is 244 g/mol. The van der Waals surface area contributed by atoms with E-state index in [1.165, 1.54) is 0 Å². The Labute approximate surface area is 104 Å². The maximum Gasteiger partial charge on any atom is 0.192 e. The lowest BCUT2D eigenvalue weighted by Crippen LogP contribution is -2.41. The molecular weight excluding hydrogens is 232 g/mol. The Kier molecular flexibility index (Phi) is 2.43. The van der Waals surface area contributed by atoms with Crippen LogP contribution in [0, 0.1) is 0 Å². The van der Waals surface area contributed by atoms with Crippen molar-refractivity contribution < 1.29 is 19.4 Å². The third-order valence-corrected chi connectivity index (χ3v) is 3.49. The Bertz CT molecular complexity index is 585. The zero-order valence-corrected chi connectivity index (χ0v) is 9.84. The fourth-order valence-corrected chi connectivity index (χ4v) is 2.44. The van der Waals surface area contributed by atoms with Gasteiger partial charge in [-0.1, -0.05) is 24.3 Å². The smallest absolute Gasteiger partial charge is 0.192 e. The maximum atomic E-state index is 12.3. The van der Waals surface area contributed by atoms with E-state index in [1.807, 2.05) is 0 Å². The van der Waals surface area contributed by atoms with Crippen molar-refractivity contribution >= 4 is 11.6 Å². The van der Waals surface area contributed by atoms with Gasteiger partial charge in [-0.3, -0.25) is 9.59 Å². The summed E-state index contributed by atoms with van der Waals surface area (Å²) in [5, 5.41) is 10.0. The van der Waals surface area contributed by atoms with Crippen LogP contribution < -0.4 is 0 Å². The fraction of sp³-hybridized carbons (Fsp3) is 0.286. The van der Waals surface area contributed by atoms with Gasteiger partial charge in [0, 0.05) is 22.3 Å². The summed E-state index contributed by atoms with van der Waals surface area (Å²) in [4.78, 5) is 24.6. The number of hydrogen-bond acceptors (Lipinski definition) is 4. The van der Waals surface area contributed by atoms with E-state index in [-0.39, 0.29) is 23.7 Å². The van der Waals surface area contributed by atoms with E-state index < -0.39 is 12.2 Å². The van der Waals surface area contributed by atoms with Crippen molar-refractivity contribution in [3.63, 3.8) is 0 Å². The van der Waals surface area contributed by atoms with Crippen molar-refractivity contribution in [1.29, 1.82) is 0 Å². The number of rotatable bonds is 0. The summed E-state index contributed by atoms with van der Waals surface area (Å²) in [6.07, 6.45) is -1.50. The molecule has 2 aliphatic rings. The van der Waals surface area contributed by atoms with Crippen LogP contribution in [0.1, 0.15) is 27.6 Å². The van der Waals surface area contributed by atoms with Gasteiger partial charge in [-0.15, -0.1) is 0 Å². The molecular formula is C14H12O4. The lowest BCUT2D eigenvalue weighted by Gasteiger charge is -2.32. The van der Waals surface area contributed by atoms with Crippen LogP contribution >= 0.6 is 0 Å². The average Bonchev–Trinajstić information content (AvgIpc) is 2.39. The first-order chi connectivity index (χ1) is 8.61. The van der Waals surface area contributed by atoms with Gasteiger partial charge in [0.05, 0.1) is 12.7 Å². The molecule has 1 aliphatic carbocycles. The zero-order chi connectivity index (χ0) is 12.9. The molecule has 0 fully saturated rings. The summed E-state index contributed by atoms with van der Waals surface area (Å²) < 4.78 is 5.31. The molecule has 1 N–H and O–H groups in total.